The molecule has 0 atom stereocenters. The van der Waals surface area contributed by atoms with Crippen LogP contribution in [-0.4, -0.2) is 39.5 Å². The molecule has 1 aromatic carbocycles. The molecular weight excluding hydrogens is 484 g/mol. The Hall–Kier alpha value is -3.11. The minimum atomic E-state index is -0.474. The molecule has 2 heterocycles. The average Bonchev–Trinajstić information content (AvgIpc) is 3.45. The van der Waals surface area contributed by atoms with E-state index in [0.29, 0.717) is 34.0 Å². The van der Waals surface area contributed by atoms with Gasteiger partial charge in [-0.05, 0) is 36.1 Å². The van der Waals surface area contributed by atoms with Crippen molar-refractivity contribution < 1.29 is 19.1 Å². The van der Waals surface area contributed by atoms with Gasteiger partial charge in [-0.1, -0.05) is 50.7 Å². The number of rotatable bonds is 12. The Morgan fingerprint density at radius 3 is 2.63 bits per heavy atom. The van der Waals surface area contributed by atoms with E-state index in [0.717, 1.165) is 17.0 Å². The second kappa shape index (κ2) is 12.6. The van der Waals surface area contributed by atoms with Crippen molar-refractivity contribution >= 4 is 40.0 Å². The van der Waals surface area contributed by atoms with Crippen LogP contribution >= 0.6 is 23.1 Å². The van der Waals surface area contributed by atoms with Crippen LogP contribution in [0.15, 0.2) is 48.1 Å². The van der Waals surface area contributed by atoms with Crippen LogP contribution in [-0.2, 0) is 29.1 Å². The molecule has 2 aromatic heterocycles. The van der Waals surface area contributed by atoms with Gasteiger partial charge in [-0.2, -0.15) is 0 Å². The zero-order valence-corrected chi connectivity index (χ0v) is 22.0. The molecule has 0 saturated carbocycles. The zero-order chi connectivity index (χ0) is 25.4. The van der Waals surface area contributed by atoms with Crippen LogP contribution in [0.1, 0.15) is 53.3 Å². The maximum Gasteiger partial charge on any atom is 0.340 e. The number of carbonyl (C=O) groups excluding carboxylic acids is 2. The predicted octanol–water partition coefficient (Wildman–Crippen LogP) is 5.31. The lowest BCUT2D eigenvalue weighted by Gasteiger charge is -2.10. The number of esters is 1. The van der Waals surface area contributed by atoms with Gasteiger partial charge in [0.05, 0.1) is 18.4 Å². The van der Waals surface area contributed by atoms with Gasteiger partial charge in [0.15, 0.2) is 11.0 Å². The SMILES string of the molecule is C=CCn1c(COc2ccc(C(C)C)cc2)nnc1SCC(=O)Nc1sc(CC)cc1C(=O)OC. The third-order valence-corrected chi connectivity index (χ3v) is 7.30. The molecule has 10 heteroatoms. The Morgan fingerprint density at radius 1 is 1.26 bits per heavy atom. The molecule has 3 rings (SSSR count). The van der Waals surface area contributed by atoms with Crippen LogP contribution < -0.4 is 10.1 Å². The summed E-state index contributed by atoms with van der Waals surface area (Å²) >= 11 is 2.63. The topological polar surface area (TPSA) is 95.3 Å². The third-order valence-electron chi connectivity index (χ3n) is 5.14. The van der Waals surface area contributed by atoms with Gasteiger partial charge in [0, 0.05) is 11.4 Å². The van der Waals surface area contributed by atoms with Crippen molar-refractivity contribution in [2.45, 2.75) is 51.4 Å². The van der Waals surface area contributed by atoms with E-state index in [4.69, 9.17) is 9.47 Å². The number of hydrogen-bond acceptors (Lipinski definition) is 8. The highest BCUT2D eigenvalue weighted by molar-refractivity contribution is 7.99. The minimum Gasteiger partial charge on any atom is -0.486 e. The maximum absolute atomic E-state index is 12.6. The number of nitrogens with zero attached hydrogens (tertiary/aromatic N) is 3. The minimum absolute atomic E-state index is 0.104. The van der Waals surface area contributed by atoms with E-state index in [2.05, 4.69) is 48.1 Å². The molecule has 0 aliphatic rings. The fourth-order valence-electron chi connectivity index (χ4n) is 3.21. The summed E-state index contributed by atoms with van der Waals surface area (Å²) in [6.45, 7) is 10.8. The monoisotopic (exact) mass is 514 g/mol. The van der Waals surface area contributed by atoms with Crippen molar-refractivity contribution in [3.8, 4) is 5.75 Å². The molecule has 0 aliphatic carbocycles. The fraction of sp³-hybridized carbons (Fsp3) is 0.360. The third kappa shape index (κ3) is 6.95. The number of aryl methyl sites for hydroxylation is 1. The van der Waals surface area contributed by atoms with E-state index in [1.54, 1.807) is 12.1 Å². The van der Waals surface area contributed by atoms with Crippen LogP contribution in [0.2, 0.25) is 0 Å². The number of allylic oxidation sites excluding steroid dienone is 1. The average molecular weight is 515 g/mol. The largest absolute Gasteiger partial charge is 0.486 e. The lowest BCUT2D eigenvalue weighted by molar-refractivity contribution is -0.113. The molecule has 186 valence electrons. The van der Waals surface area contributed by atoms with Gasteiger partial charge >= 0.3 is 5.97 Å². The van der Waals surface area contributed by atoms with Crippen LogP contribution in [0.3, 0.4) is 0 Å². The van der Waals surface area contributed by atoms with Crippen LogP contribution in [0, 0.1) is 0 Å². The number of aromatic nitrogens is 3. The number of benzene rings is 1. The molecule has 3 aromatic rings. The molecule has 0 spiro atoms. The summed E-state index contributed by atoms with van der Waals surface area (Å²) in [5.74, 6) is 1.22. The summed E-state index contributed by atoms with van der Waals surface area (Å²) in [4.78, 5) is 25.7. The molecule has 0 radical (unpaired) electrons. The quantitative estimate of drug-likeness (QED) is 0.199. The summed E-state index contributed by atoms with van der Waals surface area (Å²) in [6, 6.07) is 9.75. The maximum atomic E-state index is 12.6. The van der Waals surface area contributed by atoms with Gasteiger partial charge in [-0.25, -0.2) is 4.79 Å². The van der Waals surface area contributed by atoms with Gasteiger partial charge in [-0.15, -0.1) is 28.1 Å². The standard InChI is InChI=1S/C25H30N4O4S2/c1-6-12-29-21(14-33-18-10-8-17(9-11-18)16(3)4)27-28-25(29)34-15-22(30)26-23-20(24(31)32-5)13-19(7-2)35-23/h6,8-11,13,16H,1,7,12,14-15H2,2-5H3,(H,26,30). The number of hydrogen-bond donors (Lipinski definition) is 1. The predicted molar refractivity (Wildman–Crippen MR) is 139 cm³/mol. The fourth-order valence-corrected chi connectivity index (χ4v) is 4.97. The van der Waals surface area contributed by atoms with E-state index in [1.165, 1.54) is 35.8 Å². The molecule has 0 aliphatic heterocycles. The van der Waals surface area contributed by atoms with E-state index < -0.39 is 5.97 Å². The van der Waals surface area contributed by atoms with Gasteiger partial charge in [0.1, 0.15) is 17.4 Å². The molecule has 1 amide bonds. The van der Waals surface area contributed by atoms with Crippen LogP contribution in [0.4, 0.5) is 5.00 Å². The van der Waals surface area contributed by atoms with E-state index in [1.807, 2.05) is 23.6 Å². The second-order valence-electron chi connectivity index (χ2n) is 7.95. The Labute approximate surface area is 213 Å². The first-order valence-corrected chi connectivity index (χ1v) is 13.1. The Kier molecular flexibility index (Phi) is 9.50. The van der Waals surface area contributed by atoms with Crippen molar-refractivity contribution in [2.75, 3.05) is 18.2 Å². The first kappa shape index (κ1) is 26.5. The number of thiophene rings is 1. The summed E-state index contributed by atoms with van der Waals surface area (Å²) < 4.78 is 12.6. The Bertz CT molecular complexity index is 1170. The van der Waals surface area contributed by atoms with Crippen molar-refractivity contribution in [2.24, 2.45) is 0 Å². The first-order chi connectivity index (χ1) is 16.9. The highest BCUT2D eigenvalue weighted by Crippen LogP contribution is 2.30. The number of amides is 1. The summed E-state index contributed by atoms with van der Waals surface area (Å²) in [6.07, 6.45) is 2.51. The number of methoxy groups -OCH3 is 1. The van der Waals surface area contributed by atoms with E-state index in [9.17, 15) is 9.59 Å². The zero-order valence-electron chi connectivity index (χ0n) is 20.4. The van der Waals surface area contributed by atoms with Gasteiger partial charge in [0.2, 0.25) is 5.91 Å². The van der Waals surface area contributed by atoms with Crippen molar-refractivity contribution in [1.82, 2.24) is 14.8 Å². The van der Waals surface area contributed by atoms with Crippen molar-refractivity contribution in [3.63, 3.8) is 0 Å². The molecule has 8 nitrogen and oxygen atoms in total. The number of thioether (sulfide) groups is 1. The number of carbonyl (C=O) groups is 2. The molecule has 0 saturated heterocycles. The number of nitrogens with one attached hydrogen (secondary N) is 1. The highest BCUT2D eigenvalue weighted by Gasteiger charge is 2.19. The first-order valence-electron chi connectivity index (χ1n) is 11.3. The van der Waals surface area contributed by atoms with E-state index in [-0.39, 0.29) is 18.3 Å². The van der Waals surface area contributed by atoms with Gasteiger partial charge < -0.3 is 14.8 Å². The Morgan fingerprint density at radius 2 is 2.00 bits per heavy atom. The van der Waals surface area contributed by atoms with Crippen LogP contribution in [0.25, 0.3) is 0 Å². The van der Waals surface area contributed by atoms with Gasteiger partial charge in [0.25, 0.3) is 0 Å². The summed E-state index contributed by atoms with van der Waals surface area (Å²) in [5.41, 5.74) is 1.61. The second-order valence-corrected chi connectivity index (χ2v) is 10.0. The summed E-state index contributed by atoms with van der Waals surface area (Å²) in [7, 11) is 1.32. The lowest BCUT2D eigenvalue weighted by atomic mass is 10.0. The summed E-state index contributed by atoms with van der Waals surface area (Å²) in [5, 5.41) is 12.4. The van der Waals surface area contributed by atoms with Crippen molar-refractivity contribution in [1.29, 1.82) is 0 Å². The number of anilines is 1. The molecule has 0 unspecified atom stereocenters. The molecule has 0 fully saturated rings. The highest BCUT2D eigenvalue weighted by atomic mass is 32.2. The molecule has 0 bridgehead atoms. The Balaban J connectivity index is 1.63. The lowest BCUT2D eigenvalue weighted by Crippen LogP contribution is -2.16. The normalized spacial score (nSPS) is 10.9. The molecular formula is C25H30N4O4S2. The molecule has 1 N–H and O–H groups in total. The van der Waals surface area contributed by atoms with E-state index >= 15 is 0 Å². The van der Waals surface area contributed by atoms with Crippen molar-refractivity contribution in [3.05, 3.63) is 64.8 Å². The smallest absolute Gasteiger partial charge is 0.340 e. The molecule has 35 heavy (non-hydrogen) atoms. The van der Waals surface area contributed by atoms with Gasteiger partial charge in [-0.3, -0.25) is 9.36 Å². The van der Waals surface area contributed by atoms with Crippen LogP contribution in [0.5, 0.6) is 5.75 Å². The number of ether oxygens (including phenoxy) is 2.